The van der Waals surface area contributed by atoms with Crippen LogP contribution in [0.25, 0.3) is 0 Å². The summed E-state index contributed by atoms with van der Waals surface area (Å²) in [5, 5.41) is 2.64. The van der Waals surface area contributed by atoms with Crippen molar-refractivity contribution in [1.82, 2.24) is 9.62 Å². The first kappa shape index (κ1) is 15.7. The average Bonchev–Trinajstić information content (AvgIpc) is 2.42. The van der Waals surface area contributed by atoms with Gasteiger partial charge in [-0.3, -0.25) is 4.79 Å². The number of anilines is 1. The number of nitrogens with two attached hydrogens (primary N) is 1. The third kappa shape index (κ3) is 2.73. The minimum atomic E-state index is -3.90. The van der Waals surface area contributed by atoms with E-state index < -0.39 is 21.9 Å². The minimum Gasteiger partial charge on any atom is -0.396 e. The molecule has 1 amide bonds. The van der Waals surface area contributed by atoms with Crippen LogP contribution in [0.4, 0.5) is 10.1 Å². The number of carbonyl (C=O) groups excluding carboxylic acids is 1. The van der Waals surface area contributed by atoms with Gasteiger partial charge in [0, 0.05) is 13.1 Å². The summed E-state index contributed by atoms with van der Waals surface area (Å²) in [6.45, 7) is 3.68. The predicted molar refractivity (Wildman–Crippen MR) is 76.5 cm³/mol. The molecule has 1 aliphatic heterocycles. The van der Waals surface area contributed by atoms with E-state index in [-0.39, 0.29) is 35.1 Å². The molecule has 6 nitrogen and oxygen atoms in total. The third-order valence-electron chi connectivity index (χ3n) is 3.55. The maximum Gasteiger partial charge on any atom is 0.244 e. The number of piperazine rings is 1. The Morgan fingerprint density at radius 2 is 2.14 bits per heavy atom. The zero-order valence-corrected chi connectivity index (χ0v) is 12.7. The molecule has 2 rings (SSSR count). The van der Waals surface area contributed by atoms with E-state index in [1.165, 1.54) is 6.92 Å². The van der Waals surface area contributed by atoms with Gasteiger partial charge in [-0.25, -0.2) is 12.8 Å². The number of hydrogen-bond donors (Lipinski definition) is 2. The standard InChI is InChI=1S/C13H18FN3O3S/c1-3-11-13(18)16-4-5-17(11)21(19,20)12-7-10(15)9(14)6-8(12)2/h6-7,11H,3-5,15H2,1-2H3,(H,16,18). The molecule has 1 saturated heterocycles. The fourth-order valence-corrected chi connectivity index (χ4v) is 4.35. The van der Waals surface area contributed by atoms with Crippen molar-refractivity contribution in [3.63, 3.8) is 0 Å². The lowest BCUT2D eigenvalue weighted by molar-refractivity contribution is -0.126. The fourth-order valence-electron chi connectivity index (χ4n) is 2.44. The van der Waals surface area contributed by atoms with Crippen molar-refractivity contribution < 1.29 is 17.6 Å². The van der Waals surface area contributed by atoms with Gasteiger partial charge in [-0.15, -0.1) is 0 Å². The third-order valence-corrected chi connectivity index (χ3v) is 5.60. The molecule has 0 saturated carbocycles. The van der Waals surface area contributed by atoms with Crippen LogP contribution in [0, 0.1) is 12.7 Å². The molecular formula is C13H18FN3O3S. The monoisotopic (exact) mass is 315 g/mol. The van der Waals surface area contributed by atoms with Gasteiger partial charge in [0.25, 0.3) is 0 Å². The summed E-state index contributed by atoms with van der Waals surface area (Å²) in [5.74, 6) is -0.977. The van der Waals surface area contributed by atoms with E-state index in [0.29, 0.717) is 6.42 Å². The molecule has 1 aromatic carbocycles. The Morgan fingerprint density at radius 1 is 1.48 bits per heavy atom. The number of nitrogen functional groups attached to an aromatic ring is 1. The summed E-state index contributed by atoms with van der Waals surface area (Å²) in [6.07, 6.45) is 0.362. The number of aryl methyl sites for hydroxylation is 1. The van der Waals surface area contributed by atoms with Gasteiger partial charge in [0.2, 0.25) is 15.9 Å². The van der Waals surface area contributed by atoms with Gasteiger partial charge in [-0.2, -0.15) is 4.31 Å². The highest BCUT2D eigenvalue weighted by molar-refractivity contribution is 7.89. The first-order chi connectivity index (χ1) is 9.78. The van der Waals surface area contributed by atoms with Gasteiger partial charge in [0.05, 0.1) is 10.6 Å². The molecule has 1 atom stereocenters. The molecule has 0 aromatic heterocycles. The summed E-state index contributed by atoms with van der Waals surface area (Å²) in [6, 6.07) is 1.45. The number of hydrogen-bond acceptors (Lipinski definition) is 4. The van der Waals surface area contributed by atoms with E-state index in [9.17, 15) is 17.6 Å². The number of nitrogens with zero attached hydrogens (tertiary/aromatic N) is 1. The Balaban J connectivity index is 2.51. The highest BCUT2D eigenvalue weighted by atomic mass is 32.2. The molecule has 1 fully saturated rings. The highest BCUT2D eigenvalue weighted by Crippen LogP contribution is 2.27. The SMILES string of the molecule is CCC1C(=O)NCCN1S(=O)(=O)c1cc(N)c(F)cc1C. The second-order valence-corrected chi connectivity index (χ2v) is 6.83. The smallest absolute Gasteiger partial charge is 0.244 e. The van der Waals surface area contributed by atoms with Crippen molar-refractivity contribution in [2.75, 3.05) is 18.8 Å². The van der Waals surface area contributed by atoms with Crippen molar-refractivity contribution in [1.29, 1.82) is 0 Å². The quantitative estimate of drug-likeness (QED) is 0.800. The van der Waals surface area contributed by atoms with E-state index in [0.717, 1.165) is 16.4 Å². The van der Waals surface area contributed by atoms with Crippen molar-refractivity contribution in [3.05, 3.63) is 23.5 Å². The second-order valence-electron chi connectivity index (χ2n) is 4.97. The number of carbonyl (C=O) groups is 1. The number of rotatable bonds is 3. The maximum atomic E-state index is 13.4. The topological polar surface area (TPSA) is 92.5 Å². The zero-order chi connectivity index (χ0) is 15.8. The normalized spacial score (nSPS) is 20.3. The number of benzene rings is 1. The Hall–Kier alpha value is -1.67. The number of sulfonamides is 1. The molecule has 1 heterocycles. The molecule has 8 heteroatoms. The van der Waals surface area contributed by atoms with Crippen LogP contribution in [0.15, 0.2) is 17.0 Å². The molecule has 1 unspecified atom stereocenters. The lowest BCUT2D eigenvalue weighted by Gasteiger charge is -2.33. The molecule has 1 aromatic rings. The van der Waals surface area contributed by atoms with E-state index in [1.54, 1.807) is 6.92 Å². The number of amides is 1. The maximum absolute atomic E-state index is 13.4. The summed E-state index contributed by atoms with van der Waals surface area (Å²) < 4.78 is 40.1. The van der Waals surface area contributed by atoms with Crippen LogP contribution in [0.5, 0.6) is 0 Å². The lowest BCUT2D eigenvalue weighted by atomic mass is 10.2. The van der Waals surface area contributed by atoms with Crippen LogP contribution in [0.3, 0.4) is 0 Å². The summed E-state index contributed by atoms with van der Waals surface area (Å²) in [7, 11) is -3.90. The first-order valence-electron chi connectivity index (χ1n) is 6.64. The predicted octanol–water partition coefficient (Wildman–Crippen LogP) is 0.615. The van der Waals surface area contributed by atoms with Crippen LogP contribution in [0.2, 0.25) is 0 Å². The van der Waals surface area contributed by atoms with Crippen molar-refractivity contribution in [2.24, 2.45) is 0 Å². The van der Waals surface area contributed by atoms with Crippen molar-refractivity contribution >= 4 is 21.6 Å². The molecular weight excluding hydrogens is 297 g/mol. The van der Waals surface area contributed by atoms with Gasteiger partial charge in [0.15, 0.2) is 0 Å². The van der Waals surface area contributed by atoms with Crippen molar-refractivity contribution in [2.45, 2.75) is 31.2 Å². The molecule has 116 valence electrons. The van der Waals surface area contributed by atoms with Gasteiger partial charge < -0.3 is 11.1 Å². The Kier molecular flexibility index (Phi) is 4.20. The first-order valence-corrected chi connectivity index (χ1v) is 8.08. The molecule has 0 bridgehead atoms. The van der Waals surface area contributed by atoms with Crippen LogP contribution >= 0.6 is 0 Å². The van der Waals surface area contributed by atoms with Gasteiger partial charge in [-0.05, 0) is 31.0 Å². The van der Waals surface area contributed by atoms with E-state index >= 15 is 0 Å². The largest absolute Gasteiger partial charge is 0.396 e. The van der Waals surface area contributed by atoms with Crippen LogP contribution < -0.4 is 11.1 Å². The van der Waals surface area contributed by atoms with E-state index in [2.05, 4.69) is 5.32 Å². The second kappa shape index (κ2) is 5.61. The summed E-state index contributed by atoms with van der Waals surface area (Å²) in [5.41, 5.74) is 5.51. The van der Waals surface area contributed by atoms with Gasteiger partial charge in [-0.1, -0.05) is 6.92 Å². The van der Waals surface area contributed by atoms with Crippen LogP contribution in [0.1, 0.15) is 18.9 Å². The molecule has 1 aliphatic rings. The molecule has 0 aliphatic carbocycles. The summed E-state index contributed by atoms with van der Waals surface area (Å²) >= 11 is 0. The molecule has 0 spiro atoms. The Bertz CT molecular complexity index is 675. The fraction of sp³-hybridized carbons (Fsp3) is 0.462. The van der Waals surface area contributed by atoms with Crippen molar-refractivity contribution in [3.8, 4) is 0 Å². The Labute approximate surface area is 123 Å². The number of nitrogens with one attached hydrogen (secondary N) is 1. The molecule has 0 radical (unpaired) electrons. The number of halogens is 1. The van der Waals surface area contributed by atoms with E-state index in [1.807, 2.05) is 0 Å². The molecule has 21 heavy (non-hydrogen) atoms. The highest BCUT2D eigenvalue weighted by Gasteiger charge is 2.38. The minimum absolute atomic E-state index is 0.0606. The Morgan fingerprint density at radius 3 is 2.76 bits per heavy atom. The van der Waals surface area contributed by atoms with Crippen LogP contribution in [-0.2, 0) is 14.8 Å². The van der Waals surface area contributed by atoms with E-state index in [4.69, 9.17) is 5.73 Å². The zero-order valence-electron chi connectivity index (χ0n) is 11.9. The average molecular weight is 315 g/mol. The lowest BCUT2D eigenvalue weighted by Crippen LogP contribution is -2.56. The van der Waals surface area contributed by atoms with Gasteiger partial charge >= 0.3 is 0 Å². The summed E-state index contributed by atoms with van der Waals surface area (Å²) in [4.78, 5) is 11.8. The molecule has 3 N–H and O–H groups in total. The van der Waals surface area contributed by atoms with Crippen LogP contribution in [-0.4, -0.2) is 37.8 Å². The van der Waals surface area contributed by atoms with Gasteiger partial charge in [0.1, 0.15) is 11.9 Å².